The lowest BCUT2D eigenvalue weighted by atomic mass is 9.75. The van der Waals surface area contributed by atoms with Crippen LogP contribution in [0.1, 0.15) is 28.5 Å². The number of halogens is 2. The van der Waals surface area contributed by atoms with Crippen LogP contribution in [0.3, 0.4) is 0 Å². The highest BCUT2D eigenvalue weighted by Gasteiger charge is 2.37. The van der Waals surface area contributed by atoms with Crippen molar-refractivity contribution in [1.29, 1.82) is 0 Å². The third-order valence-electron chi connectivity index (χ3n) is 5.47. The van der Waals surface area contributed by atoms with E-state index in [1.54, 1.807) is 12.1 Å². The van der Waals surface area contributed by atoms with E-state index in [9.17, 15) is 19.7 Å². The number of ether oxygens (including phenoxy) is 3. The van der Waals surface area contributed by atoms with Gasteiger partial charge in [-0.2, -0.15) is 0 Å². The molecule has 31 heavy (non-hydrogen) atoms. The Labute approximate surface area is 176 Å². The van der Waals surface area contributed by atoms with E-state index in [-0.39, 0.29) is 40.9 Å². The summed E-state index contributed by atoms with van der Waals surface area (Å²) in [6, 6.07) is 9.28. The molecule has 0 amide bonds. The Bertz CT molecular complexity index is 1120. The number of hydrogen-bond donors (Lipinski definition) is 3. The van der Waals surface area contributed by atoms with Crippen LogP contribution >= 0.6 is 0 Å². The monoisotopic (exact) mass is 430 g/mol. The Morgan fingerprint density at radius 2 is 1.55 bits per heavy atom. The molecule has 3 aromatic carbocycles. The summed E-state index contributed by atoms with van der Waals surface area (Å²) in [6.07, 6.45) is 0. The Morgan fingerprint density at radius 3 is 2.16 bits per heavy atom. The maximum Gasteiger partial charge on any atom is 0.200 e. The number of methoxy groups -OCH3 is 2. The van der Waals surface area contributed by atoms with E-state index in [1.807, 2.05) is 0 Å². The van der Waals surface area contributed by atoms with Gasteiger partial charge in [0.1, 0.15) is 17.3 Å². The predicted molar refractivity (Wildman–Crippen MR) is 107 cm³/mol. The number of phenolic OH excluding ortho intramolecular Hbond substituents is 3. The molecule has 0 saturated carbocycles. The summed E-state index contributed by atoms with van der Waals surface area (Å²) >= 11 is 0. The van der Waals surface area contributed by atoms with Crippen LogP contribution in [0.25, 0.3) is 0 Å². The lowest BCUT2D eigenvalue weighted by Crippen LogP contribution is -2.26. The second kappa shape index (κ2) is 7.86. The molecular weight excluding hydrogens is 410 g/mol. The maximum atomic E-state index is 15.0. The molecule has 1 aliphatic heterocycles. The van der Waals surface area contributed by atoms with Crippen LogP contribution < -0.4 is 14.2 Å². The molecule has 2 atom stereocenters. The van der Waals surface area contributed by atoms with Crippen LogP contribution in [0.5, 0.6) is 34.5 Å². The van der Waals surface area contributed by atoms with Gasteiger partial charge in [-0.25, -0.2) is 8.78 Å². The smallest absolute Gasteiger partial charge is 0.200 e. The van der Waals surface area contributed by atoms with Gasteiger partial charge in [-0.1, -0.05) is 6.07 Å². The largest absolute Gasteiger partial charge is 0.508 e. The molecule has 8 heteroatoms. The first kappa shape index (κ1) is 20.6. The minimum Gasteiger partial charge on any atom is -0.508 e. The molecule has 0 bridgehead atoms. The van der Waals surface area contributed by atoms with Crippen LogP contribution in [0.15, 0.2) is 42.5 Å². The molecule has 1 heterocycles. The van der Waals surface area contributed by atoms with Gasteiger partial charge < -0.3 is 29.5 Å². The summed E-state index contributed by atoms with van der Waals surface area (Å²) in [5, 5.41) is 29.6. The standard InChI is InChI=1S/C23H20F2O6/c1-29-19-6-12(7-20(30-2)23(19)28)14-10-31-18-9-13(26)8-16(25)22(18)21(14)11-3-4-17(27)15(24)5-11/h3-9,14,21,26-28H,10H2,1-2H3. The zero-order chi connectivity index (χ0) is 22.3. The summed E-state index contributed by atoms with van der Waals surface area (Å²) in [7, 11) is 2.78. The molecular formula is C23H20F2O6. The van der Waals surface area contributed by atoms with Gasteiger partial charge >= 0.3 is 0 Å². The summed E-state index contributed by atoms with van der Waals surface area (Å²) in [4.78, 5) is 0. The Morgan fingerprint density at radius 1 is 0.871 bits per heavy atom. The first-order valence-electron chi connectivity index (χ1n) is 9.42. The van der Waals surface area contributed by atoms with Gasteiger partial charge in [0.15, 0.2) is 23.1 Å². The number of phenols is 3. The number of rotatable bonds is 4. The average molecular weight is 430 g/mol. The van der Waals surface area contributed by atoms with Crippen molar-refractivity contribution in [2.24, 2.45) is 0 Å². The zero-order valence-corrected chi connectivity index (χ0v) is 16.7. The summed E-state index contributed by atoms with van der Waals surface area (Å²) < 4.78 is 45.4. The van der Waals surface area contributed by atoms with Gasteiger partial charge in [0.2, 0.25) is 5.75 Å². The van der Waals surface area contributed by atoms with Crippen molar-refractivity contribution in [3.63, 3.8) is 0 Å². The van der Waals surface area contributed by atoms with E-state index in [0.29, 0.717) is 11.1 Å². The van der Waals surface area contributed by atoms with Crippen molar-refractivity contribution < 1.29 is 38.3 Å². The van der Waals surface area contributed by atoms with E-state index in [2.05, 4.69) is 0 Å². The van der Waals surface area contributed by atoms with E-state index in [4.69, 9.17) is 14.2 Å². The Hall–Kier alpha value is -3.68. The van der Waals surface area contributed by atoms with E-state index < -0.39 is 29.2 Å². The second-order valence-electron chi connectivity index (χ2n) is 7.22. The summed E-state index contributed by atoms with van der Waals surface area (Å²) in [5.74, 6) is -3.36. The molecule has 3 N–H and O–H groups in total. The number of fused-ring (bicyclic) bond motifs is 1. The quantitative estimate of drug-likeness (QED) is 0.569. The predicted octanol–water partition coefficient (Wildman–Crippen LogP) is 4.41. The molecule has 3 aromatic rings. The Balaban J connectivity index is 1.94. The van der Waals surface area contributed by atoms with Gasteiger partial charge in [-0.05, 0) is 35.4 Å². The van der Waals surface area contributed by atoms with Crippen LogP contribution in [0, 0.1) is 11.6 Å². The van der Waals surface area contributed by atoms with Gasteiger partial charge in [0.25, 0.3) is 0 Å². The number of benzene rings is 3. The van der Waals surface area contributed by atoms with Crippen molar-refractivity contribution in [3.8, 4) is 34.5 Å². The molecule has 162 valence electrons. The first-order valence-corrected chi connectivity index (χ1v) is 9.42. The first-order chi connectivity index (χ1) is 14.8. The van der Waals surface area contributed by atoms with Gasteiger partial charge in [-0.3, -0.25) is 0 Å². The topological polar surface area (TPSA) is 88.4 Å². The average Bonchev–Trinajstić information content (AvgIpc) is 2.75. The minimum absolute atomic E-state index is 0.0696. The molecule has 1 aliphatic rings. The molecule has 0 fully saturated rings. The van der Waals surface area contributed by atoms with Crippen molar-refractivity contribution in [1.82, 2.24) is 0 Å². The highest BCUT2D eigenvalue weighted by molar-refractivity contribution is 5.57. The number of hydrogen-bond acceptors (Lipinski definition) is 6. The fourth-order valence-corrected chi connectivity index (χ4v) is 4.01. The molecule has 4 rings (SSSR count). The van der Waals surface area contributed by atoms with Gasteiger partial charge in [0, 0.05) is 29.5 Å². The summed E-state index contributed by atoms with van der Waals surface area (Å²) in [6.45, 7) is 0.0696. The van der Waals surface area contributed by atoms with E-state index in [1.165, 1.54) is 32.4 Å². The number of aromatic hydroxyl groups is 3. The molecule has 0 aromatic heterocycles. The molecule has 6 nitrogen and oxygen atoms in total. The van der Waals surface area contributed by atoms with Crippen LogP contribution in [0.2, 0.25) is 0 Å². The molecule has 0 radical (unpaired) electrons. The van der Waals surface area contributed by atoms with Crippen molar-refractivity contribution in [2.75, 3.05) is 20.8 Å². The zero-order valence-electron chi connectivity index (χ0n) is 16.7. The highest BCUT2D eigenvalue weighted by Crippen LogP contribution is 2.50. The third kappa shape index (κ3) is 3.54. The minimum atomic E-state index is -0.843. The van der Waals surface area contributed by atoms with Gasteiger partial charge in [-0.15, -0.1) is 0 Å². The van der Waals surface area contributed by atoms with Crippen LogP contribution in [0.4, 0.5) is 8.78 Å². The fourth-order valence-electron chi connectivity index (χ4n) is 4.01. The van der Waals surface area contributed by atoms with Gasteiger partial charge in [0.05, 0.1) is 20.8 Å². The van der Waals surface area contributed by atoms with E-state index in [0.717, 1.165) is 12.1 Å². The molecule has 0 spiro atoms. The second-order valence-corrected chi connectivity index (χ2v) is 7.22. The van der Waals surface area contributed by atoms with Crippen LogP contribution in [-0.2, 0) is 0 Å². The lowest BCUT2D eigenvalue weighted by Gasteiger charge is -2.35. The Kier molecular flexibility index (Phi) is 5.22. The van der Waals surface area contributed by atoms with Crippen molar-refractivity contribution in [3.05, 3.63) is 70.8 Å². The molecule has 0 saturated heterocycles. The van der Waals surface area contributed by atoms with Crippen molar-refractivity contribution in [2.45, 2.75) is 11.8 Å². The van der Waals surface area contributed by atoms with E-state index >= 15 is 4.39 Å². The third-order valence-corrected chi connectivity index (χ3v) is 5.47. The normalized spacial score (nSPS) is 17.5. The summed E-state index contributed by atoms with van der Waals surface area (Å²) in [5.41, 5.74) is 1.15. The lowest BCUT2D eigenvalue weighted by molar-refractivity contribution is 0.241. The van der Waals surface area contributed by atoms with Crippen molar-refractivity contribution >= 4 is 0 Å². The maximum absolute atomic E-state index is 15.0. The molecule has 2 unspecified atom stereocenters. The molecule has 0 aliphatic carbocycles. The van der Waals surface area contributed by atoms with Crippen LogP contribution in [-0.4, -0.2) is 36.1 Å². The SMILES string of the molecule is COc1cc(C2COc3cc(O)cc(F)c3C2c2ccc(O)c(F)c2)cc(OC)c1O. The highest BCUT2D eigenvalue weighted by atomic mass is 19.1. The fraction of sp³-hybridized carbons (Fsp3) is 0.217.